The van der Waals surface area contributed by atoms with Crippen LogP contribution in [0.1, 0.15) is 11.3 Å². The molecule has 0 amide bonds. The van der Waals surface area contributed by atoms with Crippen molar-refractivity contribution in [3.63, 3.8) is 0 Å². The number of rotatable bonds is 5. The first-order valence-electron chi connectivity index (χ1n) is 10.3. The Balaban J connectivity index is 0.000000588. The topological polar surface area (TPSA) is 105 Å². The second-order valence-corrected chi connectivity index (χ2v) is 8.09. The smallest absolute Gasteiger partial charge is 0.213 e. The number of pyridine rings is 1. The Morgan fingerprint density at radius 1 is 0.676 bits per heavy atom. The summed E-state index contributed by atoms with van der Waals surface area (Å²) in [5, 5.41) is 0. The minimum absolute atomic E-state index is 0.866. The molecule has 0 bridgehead atoms. The van der Waals surface area contributed by atoms with Gasteiger partial charge < -0.3 is 4.74 Å². The fourth-order valence-electron chi connectivity index (χ4n) is 3.42. The molecule has 0 saturated heterocycles. The lowest BCUT2D eigenvalue weighted by Crippen LogP contribution is -2.68. The van der Waals surface area contributed by atoms with E-state index >= 15 is 0 Å². The molecule has 3 aromatic carbocycles. The van der Waals surface area contributed by atoms with E-state index in [-0.39, 0.29) is 0 Å². The first-order valence-corrected chi connectivity index (χ1v) is 11.6. The summed E-state index contributed by atoms with van der Waals surface area (Å²) in [7, 11) is -1.14. The normalized spacial score (nSPS) is 11.1. The number of ether oxygens (including phenoxy) is 1. The van der Waals surface area contributed by atoms with Crippen LogP contribution >= 0.6 is 0 Å². The van der Waals surface area contributed by atoms with E-state index in [0.29, 0.717) is 0 Å². The Bertz CT molecular complexity index is 1220. The molecule has 0 aliphatic rings. The maximum Gasteiger partial charge on any atom is 0.213 e. The molecule has 1 aromatic heterocycles. The number of aromatic nitrogens is 1. The third kappa shape index (κ3) is 7.52. The third-order valence-electron chi connectivity index (χ3n) is 5.08. The minimum atomic E-state index is -4.94. The molecule has 1 heterocycles. The van der Waals surface area contributed by atoms with Gasteiger partial charge in [-0.05, 0) is 47.0 Å². The van der Waals surface area contributed by atoms with Crippen molar-refractivity contribution in [1.29, 1.82) is 0 Å². The predicted octanol–water partition coefficient (Wildman–Crippen LogP) is 1.27. The fraction of sp³-hybridized carbons (Fsp3) is 0.0741. The van der Waals surface area contributed by atoms with Crippen molar-refractivity contribution >= 4 is 12.2 Å². The lowest BCUT2D eigenvalue weighted by molar-refractivity contribution is -2.00. The summed E-state index contributed by atoms with van der Waals surface area (Å²) in [6.07, 6.45) is 4.30. The largest absolute Gasteiger partial charge is 0.497 e. The van der Waals surface area contributed by atoms with Gasteiger partial charge >= 0.3 is 0 Å². The zero-order valence-corrected chi connectivity index (χ0v) is 19.5. The van der Waals surface area contributed by atoms with E-state index in [4.69, 9.17) is 23.4 Å². The molecule has 0 aliphatic carbocycles. The van der Waals surface area contributed by atoms with Crippen LogP contribution in [0.4, 0.5) is 0 Å². The van der Waals surface area contributed by atoms with E-state index in [9.17, 15) is 0 Å². The number of methoxy groups -OCH3 is 1. The first-order chi connectivity index (χ1) is 16.2. The van der Waals surface area contributed by atoms with Gasteiger partial charge in [-0.1, -0.05) is 60.7 Å². The fourth-order valence-corrected chi connectivity index (χ4v) is 3.42. The highest BCUT2D eigenvalue weighted by Gasteiger charge is 2.16. The van der Waals surface area contributed by atoms with Crippen molar-refractivity contribution in [2.45, 2.75) is 0 Å². The van der Waals surface area contributed by atoms with Crippen LogP contribution in [-0.4, -0.2) is 7.11 Å². The van der Waals surface area contributed by atoms with Crippen LogP contribution in [0.15, 0.2) is 97.1 Å². The van der Waals surface area contributed by atoms with Gasteiger partial charge in [0, 0.05) is 23.8 Å². The van der Waals surface area contributed by atoms with Gasteiger partial charge in [0.1, 0.15) is 12.8 Å². The van der Waals surface area contributed by atoms with Crippen molar-refractivity contribution in [1.82, 2.24) is 0 Å². The van der Waals surface area contributed by atoms with E-state index in [0.717, 1.165) is 17.0 Å². The van der Waals surface area contributed by atoms with Crippen molar-refractivity contribution in [2.75, 3.05) is 7.11 Å². The Kier molecular flexibility index (Phi) is 8.54. The number of nitrogens with zero attached hydrogens (tertiary/aromatic N) is 1. The molecule has 7 heteroatoms. The molecule has 0 unspecified atom stereocenters. The second kappa shape index (κ2) is 11.6. The first kappa shape index (κ1) is 25.1. The lowest BCUT2D eigenvalue weighted by atomic mass is 10.0. The van der Waals surface area contributed by atoms with Gasteiger partial charge in [0.05, 0.1) is 7.11 Å². The highest BCUT2D eigenvalue weighted by atomic mass is 35.7. The average molecular weight is 478 g/mol. The summed E-state index contributed by atoms with van der Waals surface area (Å²) in [5.74, 6) is 0.866. The Morgan fingerprint density at radius 3 is 1.74 bits per heavy atom. The molecular formula is C27H24ClNO5. The van der Waals surface area contributed by atoms with Crippen LogP contribution in [0, 0.1) is 10.2 Å². The molecule has 0 radical (unpaired) electrons. The van der Waals surface area contributed by atoms with E-state index in [1.807, 2.05) is 12.1 Å². The third-order valence-corrected chi connectivity index (χ3v) is 5.08. The summed E-state index contributed by atoms with van der Waals surface area (Å²) in [6, 6.07) is 33.6. The van der Waals surface area contributed by atoms with E-state index in [2.05, 4.69) is 109 Å². The molecule has 4 rings (SSSR count). The minimum Gasteiger partial charge on any atom is -0.497 e. The highest BCUT2D eigenvalue weighted by Crippen LogP contribution is 2.25. The van der Waals surface area contributed by atoms with E-state index in [1.54, 1.807) is 7.11 Å². The zero-order valence-electron chi connectivity index (χ0n) is 18.8. The van der Waals surface area contributed by atoms with Crippen molar-refractivity contribution in [2.24, 2.45) is 7.05 Å². The van der Waals surface area contributed by atoms with Gasteiger partial charge in [-0.25, -0.2) is 18.6 Å². The van der Waals surface area contributed by atoms with Crippen LogP contribution in [0.5, 0.6) is 5.75 Å². The number of halogens is 1. The highest BCUT2D eigenvalue weighted by molar-refractivity contribution is 5.74. The standard InChI is InChI=1S/C27H24NO.ClHO4/c1-28-25(16-13-21-14-17-26(29-2)18-15-21)19-24(22-9-5-3-6-10-22)20-27(28)23-11-7-4-8-12-23;2-1(3,4)5/h3-20H,1-2H3;(H,2,3,4,5)/q+1;/p-1/b16-13+;. The van der Waals surface area contributed by atoms with Gasteiger partial charge in [-0.15, -0.1) is 10.2 Å². The number of hydrogen-bond donors (Lipinski definition) is 0. The second-order valence-electron chi connectivity index (χ2n) is 7.33. The van der Waals surface area contributed by atoms with Crippen LogP contribution in [0.2, 0.25) is 0 Å². The van der Waals surface area contributed by atoms with Gasteiger partial charge in [-0.3, -0.25) is 0 Å². The monoisotopic (exact) mass is 477 g/mol. The Morgan fingerprint density at radius 2 is 1.21 bits per heavy atom. The number of benzene rings is 3. The van der Waals surface area contributed by atoms with Crippen molar-refractivity contribution in [3.05, 3.63) is 108 Å². The quantitative estimate of drug-likeness (QED) is 0.402. The Hall–Kier alpha value is -3.52. The van der Waals surface area contributed by atoms with Gasteiger partial charge in [0.15, 0.2) is 0 Å². The summed E-state index contributed by atoms with van der Waals surface area (Å²) in [6.45, 7) is 0. The SMILES string of the molecule is COc1ccc(/C=C/c2cc(-c3ccccc3)cc(-c3ccccc3)[n+]2C)cc1.[O-][Cl+3]([O-])([O-])[O-]. The zero-order chi connectivity index (χ0) is 24.6. The van der Waals surface area contributed by atoms with Crippen LogP contribution in [-0.2, 0) is 7.05 Å². The van der Waals surface area contributed by atoms with Gasteiger partial charge in [0.2, 0.25) is 11.4 Å². The molecule has 0 saturated carbocycles. The van der Waals surface area contributed by atoms with Crippen molar-refractivity contribution < 1.29 is 38.2 Å². The lowest BCUT2D eigenvalue weighted by Gasteiger charge is -2.17. The summed E-state index contributed by atoms with van der Waals surface area (Å²) < 4.78 is 41.5. The Labute approximate surface area is 201 Å². The molecule has 0 N–H and O–H groups in total. The predicted molar refractivity (Wildman–Crippen MR) is 120 cm³/mol. The van der Waals surface area contributed by atoms with Gasteiger partial charge in [-0.2, -0.15) is 4.57 Å². The summed E-state index contributed by atoms with van der Waals surface area (Å²) >= 11 is 0. The van der Waals surface area contributed by atoms with Crippen LogP contribution in [0.25, 0.3) is 34.5 Å². The number of hydrogen-bond acceptors (Lipinski definition) is 5. The van der Waals surface area contributed by atoms with Crippen LogP contribution < -0.4 is 27.9 Å². The molecule has 0 atom stereocenters. The molecule has 6 nitrogen and oxygen atoms in total. The molecular weight excluding hydrogens is 454 g/mol. The maximum absolute atomic E-state index is 8.49. The molecule has 174 valence electrons. The molecule has 0 fully saturated rings. The summed E-state index contributed by atoms with van der Waals surface area (Å²) in [5.41, 5.74) is 7.08. The maximum atomic E-state index is 8.49. The van der Waals surface area contributed by atoms with E-state index < -0.39 is 10.2 Å². The van der Waals surface area contributed by atoms with Crippen molar-refractivity contribution in [3.8, 4) is 28.1 Å². The molecule has 4 aromatic rings. The summed E-state index contributed by atoms with van der Waals surface area (Å²) in [4.78, 5) is 0. The van der Waals surface area contributed by atoms with Crippen LogP contribution in [0.3, 0.4) is 0 Å². The molecule has 0 spiro atoms. The molecule has 34 heavy (non-hydrogen) atoms. The molecule has 0 aliphatic heterocycles. The van der Waals surface area contributed by atoms with E-state index in [1.165, 1.54) is 22.4 Å². The van der Waals surface area contributed by atoms with Gasteiger partial charge in [0.25, 0.3) is 0 Å². The average Bonchev–Trinajstić information content (AvgIpc) is 2.84.